The molecule has 0 heterocycles. The largest absolute Gasteiger partial charge is 0.497 e. The minimum atomic E-state index is 0.0376. The van der Waals surface area contributed by atoms with Crippen LogP contribution < -0.4 is 15.8 Å². The highest BCUT2D eigenvalue weighted by Gasteiger charge is 2.42. The van der Waals surface area contributed by atoms with Gasteiger partial charge in [-0.2, -0.15) is 0 Å². The van der Waals surface area contributed by atoms with Gasteiger partial charge in [-0.1, -0.05) is 19.9 Å². The highest BCUT2D eigenvalue weighted by molar-refractivity contribution is 5.50. The second-order valence-electron chi connectivity index (χ2n) is 6.18. The lowest BCUT2D eigenvalue weighted by atomic mass is 9.87. The molecule has 1 atom stereocenters. The first kappa shape index (κ1) is 13.2. The van der Waals surface area contributed by atoms with Crippen molar-refractivity contribution in [3.63, 3.8) is 0 Å². The van der Waals surface area contributed by atoms with Crippen LogP contribution in [0, 0.1) is 5.41 Å². The third kappa shape index (κ3) is 2.78. The summed E-state index contributed by atoms with van der Waals surface area (Å²) in [6.45, 7) is 5.31. The van der Waals surface area contributed by atoms with E-state index >= 15 is 0 Å². The molecule has 0 amide bonds. The van der Waals surface area contributed by atoms with Gasteiger partial charge >= 0.3 is 0 Å². The molecule has 1 aromatic rings. The Labute approximate surface area is 110 Å². The van der Waals surface area contributed by atoms with Crippen molar-refractivity contribution < 1.29 is 4.74 Å². The number of nitrogens with two attached hydrogens (primary N) is 1. The molecular formula is C15H24N2O. The van der Waals surface area contributed by atoms with Gasteiger partial charge in [-0.15, -0.1) is 0 Å². The first-order valence-electron chi connectivity index (χ1n) is 6.61. The van der Waals surface area contributed by atoms with Gasteiger partial charge in [0.1, 0.15) is 5.75 Å². The van der Waals surface area contributed by atoms with Crippen LogP contribution in [-0.4, -0.2) is 19.2 Å². The average molecular weight is 248 g/mol. The topological polar surface area (TPSA) is 47.3 Å². The van der Waals surface area contributed by atoms with Crippen LogP contribution in [0.15, 0.2) is 24.3 Å². The zero-order valence-electron chi connectivity index (χ0n) is 11.6. The number of ether oxygens (including phenoxy) is 1. The van der Waals surface area contributed by atoms with Crippen LogP contribution in [0.3, 0.4) is 0 Å². The molecule has 0 radical (unpaired) electrons. The van der Waals surface area contributed by atoms with Crippen molar-refractivity contribution in [2.24, 2.45) is 11.1 Å². The molecule has 1 fully saturated rings. The highest BCUT2D eigenvalue weighted by Crippen LogP contribution is 2.44. The highest BCUT2D eigenvalue weighted by atomic mass is 16.5. The molecule has 1 aromatic carbocycles. The fourth-order valence-electron chi connectivity index (χ4n) is 3.01. The first-order chi connectivity index (χ1) is 8.49. The summed E-state index contributed by atoms with van der Waals surface area (Å²) in [7, 11) is 1.69. The Balaban J connectivity index is 2.15. The lowest BCUT2D eigenvalue weighted by molar-refractivity contribution is 0.351. The monoisotopic (exact) mass is 248 g/mol. The van der Waals surface area contributed by atoms with Gasteiger partial charge in [0, 0.05) is 18.3 Å². The fraction of sp³-hybridized carbons (Fsp3) is 0.600. The molecule has 1 aliphatic rings. The molecule has 1 saturated carbocycles. The molecule has 0 spiro atoms. The van der Waals surface area contributed by atoms with E-state index in [4.69, 9.17) is 10.5 Å². The molecule has 1 aliphatic carbocycles. The number of rotatable bonds is 4. The van der Waals surface area contributed by atoms with Crippen molar-refractivity contribution in [1.82, 2.24) is 0 Å². The number of benzene rings is 1. The van der Waals surface area contributed by atoms with Crippen LogP contribution in [0.1, 0.15) is 33.1 Å². The number of hydrogen-bond donors (Lipinski definition) is 2. The van der Waals surface area contributed by atoms with Gasteiger partial charge in [-0.3, -0.25) is 0 Å². The van der Waals surface area contributed by atoms with Gasteiger partial charge in [-0.25, -0.2) is 0 Å². The predicted octanol–water partition coefficient (Wildman–Crippen LogP) is 3.01. The minimum absolute atomic E-state index is 0.0376. The predicted molar refractivity (Wildman–Crippen MR) is 76.0 cm³/mol. The Hall–Kier alpha value is -1.22. The lowest BCUT2D eigenvalue weighted by Crippen LogP contribution is -2.43. The van der Waals surface area contributed by atoms with E-state index in [0.29, 0.717) is 12.0 Å². The number of hydrogen-bond acceptors (Lipinski definition) is 3. The third-order valence-corrected chi connectivity index (χ3v) is 3.97. The number of anilines is 1. The zero-order chi connectivity index (χ0) is 13.2. The Kier molecular flexibility index (Phi) is 3.53. The van der Waals surface area contributed by atoms with E-state index in [9.17, 15) is 0 Å². The first-order valence-corrected chi connectivity index (χ1v) is 6.61. The van der Waals surface area contributed by atoms with Crippen molar-refractivity contribution in [3.8, 4) is 5.75 Å². The maximum Gasteiger partial charge on any atom is 0.120 e. The van der Waals surface area contributed by atoms with E-state index in [1.165, 1.54) is 6.42 Å². The summed E-state index contributed by atoms with van der Waals surface area (Å²) in [5.41, 5.74) is 7.53. The molecular weight excluding hydrogens is 224 g/mol. The van der Waals surface area contributed by atoms with Crippen molar-refractivity contribution in [1.29, 1.82) is 0 Å². The van der Waals surface area contributed by atoms with Gasteiger partial charge in [0.25, 0.3) is 0 Å². The smallest absolute Gasteiger partial charge is 0.120 e. The van der Waals surface area contributed by atoms with Crippen LogP contribution in [0.25, 0.3) is 0 Å². The molecule has 3 nitrogen and oxygen atoms in total. The van der Waals surface area contributed by atoms with E-state index in [2.05, 4.69) is 25.2 Å². The van der Waals surface area contributed by atoms with E-state index in [0.717, 1.165) is 24.3 Å². The van der Waals surface area contributed by atoms with Gasteiger partial charge in [0.2, 0.25) is 0 Å². The maximum atomic E-state index is 6.01. The van der Waals surface area contributed by atoms with E-state index in [-0.39, 0.29) is 5.54 Å². The third-order valence-electron chi connectivity index (χ3n) is 3.97. The Morgan fingerprint density at radius 3 is 2.67 bits per heavy atom. The Morgan fingerprint density at radius 2 is 2.11 bits per heavy atom. The van der Waals surface area contributed by atoms with Crippen LogP contribution >= 0.6 is 0 Å². The minimum Gasteiger partial charge on any atom is -0.497 e. The van der Waals surface area contributed by atoms with Gasteiger partial charge < -0.3 is 15.8 Å². The van der Waals surface area contributed by atoms with E-state index < -0.39 is 0 Å². The quantitative estimate of drug-likeness (QED) is 0.861. The normalized spacial score (nSPS) is 26.0. The summed E-state index contributed by atoms with van der Waals surface area (Å²) in [6.07, 6.45) is 3.47. The second-order valence-corrected chi connectivity index (χ2v) is 6.18. The van der Waals surface area contributed by atoms with Crippen molar-refractivity contribution in [2.45, 2.75) is 38.6 Å². The summed E-state index contributed by atoms with van der Waals surface area (Å²) < 4.78 is 5.26. The Bertz CT molecular complexity index is 417. The van der Waals surface area contributed by atoms with Crippen molar-refractivity contribution >= 4 is 5.69 Å². The molecule has 0 aliphatic heterocycles. The second kappa shape index (κ2) is 4.81. The molecule has 0 aromatic heterocycles. The molecule has 1 unspecified atom stereocenters. The summed E-state index contributed by atoms with van der Waals surface area (Å²) >= 11 is 0. The number of methoxy groups -OCH3 is 1. The van der Waals surface area contributed by atoms with Crippen molar-refractivity contribution in [3.05, 3.63) is 24.3 Å². The van der Waals surface area contributed by atoms with Gasteiger partial charge in [-0.05, 0) is 36.8 Å². The molecule has 0 saturated heterocycles. The van der Waals surface area contributed by atoms with Crippen molar-refractivity contribution in [2.75, 3.05) is 19.0 Å². The zero-order valence-corrected chi connectivity index (χ0v) is 11.6. The van der Waals surface area contributed by atoms with Crippen LogP contribution in [0.4, 0.5) is 5.69 Å². The molecule has 0 bridgehead atoms. The Morgan fingerprint density at radius 1 is 1.33 bits per heavy atom. The molecule has 2 rings (SSSR count). The molecule has 3 N–H and O–H groups in total. The summed E-state index contributed by atoms with van der Waals surface area (Å²) in [4.78, 5) is 0. The van der Waals surface area contributed by atoms with E-state index in [1.807, 2.05) is 18.2 Å². The number of nitrogens with one attached hydrogen (secondary N) is 1. The molecule has 18 heavy (non-hydrogen) atoms. The van der Waals surface area contributed by atoms with Gasteiger partial charge in [0.05, 0.1) is 12.6 Å². The standard InChI is InChI=1S/C15H24N2O/c1-14(2)7-8-15(10-14,11-16)17-12-5-4-6-13(9-12)18-3/h4-6,9,17H,7-8,10-11,16H2,1-3H3. The van der Waals surface area contributed by atoms with Crippen LogP contribution in [-0.2, 0) is 0 Å². The van der Waals surface area contributed by atoms with Crippen LogP contribution in [0.5, 0.6) is 5.75 Å². The molecule has 3 heteroatoms. The van der Waals surface area contributed by atoms with E-state index in [1.54, 1.807) is 7.11 Å². The lowest BCUT2D eigenvalue weighted by Gasteiger charge is -2.32. The molecule has 100 valence electrons. The summed E-state index contributed by atoms with van der Waals surface area (Å²) in [5.74, 6) is 0.879. The summed E-state index contributed by atoms with van der Waals surface area (Å²) in [6, 6.07) is 8.07. The summed E-state index contributed by atoms with van der Waals surface area (Å²) in [5, 5.41) is 3.63. The maximum absolute atomic E-state index is 6.01. The fourth-order valence-corrected chi connectivity index (χ4v) is 3.01. The average Bonchev–Trinajstić information content (AvgIpc) is 2.66. The SMILES string of the molecule is COc1cccc(NC2(CN)CCC(C)(C)C2)c1. The van der Waals surface area contributed by atoms with Crippen LogP contribution in [0.2, 0.25) is 0 Å². The van der Waals surface area contributed by atoms with Gasteiger partial charge in [0.15, 0.2) is 0 Å².